The van der Waals surface area contributed by atoms with Gasteiger partial charge in [-0.2, -0.15) is 0 Å². The van der Waals surface area contributed by atoms with E-state index in [9.17, 15) is 9.90 Å². The topological polar surface area (TPSA) is 141 Å². The van der Waals surface area contributed by atoms with Crippen molar-refractivity contribution < 1.29 is 14.3 Å². The molecule has 3 rings (SSSR count). The average Bonchev–Trinajstić information content (AvgIpc) is 3.00. The third-order valence-electron chi connectivity index (χ3n) is 3.64. The van der Waals surface area contributed by atoms with Crippen molar-refractivity contribution in [3.05, 3.63) is 70.7 Å². The molecular weight excluding hydrogens is 322 g/mol. The maximum Gasteiger partial charge on any atom is 0.267 e. The van der Waals surface area contributed by atoms with Crippen LogP contribution < -0.4 is 11.5 Å². The Hall–Kier alpha value is -3.26. The zero-order valence-corrected chi connectivity index (χ0v) is 13.5. The van der Waals surface area contributed by atoms with Crippen molar-refractivity contribution in [1.82, 2.24) is 15.0 Å². The highest BCUT2D eigenvalue weighted by Gasteiger charge is 2.25. The molecule has 0 radical (unpaired) electrons. The van der Waals surface area contributed by atoms with E-state index in [1.165, 1.54) is 6.07 Å². The van der Waals surface area contributed by atoms with Gasteiger partial charge < -0.3 is 21.0 Å². The van der Waals surface area contributed by atoms with Crippen LogP contribution in [0.2, 0.25) is 0 Å². The number of hydrogen-bond acceptors (Lipinski definition) is 7. The summed E-state index contributed by atoms with van der Waals surface area (Å²) >= 11 is 0. The number of aliphatic hydroxyl groups is 1. The molecule has 0 fully saturated rings. The molecule has 128 valence electrons. The quantitative estimate of drug-likeness (QED) is 0.632. The van der Waals surface area contributed by atoms with Crippen LogP contribution in [-0.2, 0) is 6.61 Å². The summed E-state index contributed by atoms with van der Waals surface area (Å²) in [7, 11) is 0. The molecule has 1 amide bonds. The van der Waals surface area contributed by atoms with Gasteiger partial charge in [0.05, 0.1) is 23.7 Å². The van der Waals surface area contributed by atoms with E-state index in [2.05, 4.69) is 15.0 Å². The molecule has 3 heterocycles. The highest BCUT2D eigenvalue weighted by Crippen LogP contribution is 2.31. The number of rotatable bonds is 5. The van der Waals surface area contributed by atoms with Crippen LogP contribution in [0.5, 0.6) is 0 Å². The van der Waals surface area contributed by atoms with E-state index < -0.39 is 11.8 Å². The van der Waals surface area contributed by atoms with Gasteiger partial charge in [0, 0.05) is 0 Å². The normalized spacial score (nSPS) is 12.1. The Kier molecular flexibility index (Phi) is 4.44. The smallest absolute Gasteiger partial charge is 0.267 e. The molecule has 1 unspecified atom stereocenters. The number of amides is 1. The monoisotopic (exact) mass is 339 g/mol. The van der Waals surface area contributed by atoms with Crippen molar-refractivity contribution in [1.29, 1.82) is 0 Å². The highest BCUT2D eigenvalue weighted by molar-refractivity contribution is 5.91. The Morgan fingerprint density at radius 2 is 2.00 bits per heavy atom. The number of furan rings is 1. The number of pyridine rings is 1. The summed E-state index contributed by atoms with van der Waals surface area (Å²) in [6, 6.07) is 10.3. The Balaban J connectivity index is 2.19. The molecule has 5 N–H and O–H groups in total. The van der Waals surface area contributed by atoms with Crippen LogP contribution in [-0.4, -0.2) is 26.0 Å². The van der Waals surface area contributed by atoms with E-state index in [0.29, 0.717) is 22.8 Å². The van der Waals surface area contributed by atoms with E-state index >= 15 is 0 Å². The lowest BCUT2D eigenvalue weighted by Gasteiger charge is -2.15. The number of primary amides is 1. The minimum absolute atomic E-state index is 0.00842. The second kappa shape index (κ2) is 6.70. The molecule has 0 aliphatic rings. The molecule has 3 aromatic heterocycles. The SMILES string of the molecule is Cc1ccc(C(c2cccc(CO)n2)c2cc(C(N)=O)nc(N)n2)o1. The maximum atomic E-state index is 11.5. The summed E-state index contributed by atoms with van der Waals surface area (Å²) in [5.74, 6) is -0.00707. The van der Waals surface area contributed by atoms with Crippen LogP contribution in [0.1, 0.15) is 45.0 Å². The first-order chi connectivity index (χ1) is 12.0. The molecule has 0 aromatic carbocycles. The van der Waals surface area contributed by atoms with E-state index in [1.807, 2.05) is 13.0 Å². The fraction of sp³-hybridized carbons (Fsp3) is 0.176. The Morgan fingerprint density at radius 3 is 2.64 bits per heavy atom. The molecule has 0 aliphatic heterocycles. The number of hydrogen-bond donors (Lipinski definition) is 3. The average molecular weight is 339 g/mol. The zero-order chi connectivity index (χ0) is 18.0. The van der Waals surface area contributed by atoms with Crippen LogP contribution in [0.3, 0.4) is 0 Å². The van der Waals surface area contributed by atoms with Crippen molar-refractivity contribution in [3.63, 3.8) is 0 Å². The largest absolute Gasteiger partial charge is 0.465 e. The molecule has 0 spiro atoms. The van der Waals surface area contributed by atoms with E-state index in [1.54, 1.807) is 24.3 Å². The van der Waals surface area contributed by atoms with Gasteiger partial charge in [-0.25, -0.2) is 9.97 Å². The highest BCUT2D eigenvalue weighted by atomic mass is 16.3. The van der Waals surface area contributed by atoms with Gasteiger partial charge in [0.1, 0.15) is 23.1 Å². The van der Waals surface area contributed by atoms with Crippen molar-refractivity contribution in [2.75, 3.05) is 5.73 Å². The van der Waals surface area contributed by atoms with Gasteiger partial charge in [-0.1, -0.05) is 6.07 Å². The van der Waals surface area contributed by atoms with Gasteiger partial charge in [-0.05, 0) is 37.3 Å². The molecule has 8 nitrogen and oxygen atoms in total. The summed E-state index contributed by atoms with van der Waals surface area (Å²) in [6.07, 6.45) is 0. The standard InChI is InChI=1S/C17H17N5O3/c1-9-5-6-14(25-9)15(11-4-2-3-10(8-23)20-11)12-7-13(16(18)24)22-17(19)21-12/h2-7,15,23H,8H2,1H3,(H2,18,24)(H2,19,21,22). The minimum atomic E-state index is -0.707. The zero-order valence-electron chi connectivity index (χ0n) is 13.5. The Labute approximate surface area is 143 Å². The lowest BCUT2D eigenvalue weighted by Crippen LogP contribution is -2.17. The predicted molar refractivity (Wildman–Crippen MR) is 89.5 cm³/mol. The molecule has 3 aromatic rings. The number of carbonyl (C=O) groups is 1. The van der Waals surface area contributed by atoms with Crippen LogP contribution >= 0.6 is 0 Å². The van der Waals surface area contributed by atoms with Gasteiger partial charge in [0.25, 0.3) is 5.91 Å². The van der Waals surface area contributed by atoms with Crippen molar-refractivity contribution in [3.8, 4) is 0 Å². The number of aliphatic hydroxyl groups excluding tert-OH is 1. The van der Waals surface area contributed by atoms with Crippen LogP contribution in [0.4, 0.5) is 5.95 Å². The molecule has 8 heteroatoms. The second-order valence-electron chi connectivity index (χ2n) is 5.49. The third-order valence-corrected chi connectivity index (χ3v) is 3.64. The molecule has 0 saturated carbocycles. The van der Waals surface area contributed by atoms with Crippen molar-refractivity contribution >= 4 is 11.9 Å². The number of aromatic nitrogens is 3. The number of carbonyl (C=O) groups excluding carboxylic acids is 1. The van der Waals surface area contributed by atoms with Gasteiger partial charge in [0.15, 0.2) is 0 Å². The van der Waals surface area contributed by atoms with E-state index in [0.717, 1.165) is 5.76 Å². The summed E-state index contributed by atoms with van der Waals surface area (Å²) in [5.41, 5.74) is 12.6. The van der Waals surface area contributed by atoms with Crippen LogP contribution in [0.25, 0.3) is 0 Å². The summed E-state index contributed by atoms with van der Waals surface area (Å²) in [5, 5.41) is 9.36. The molecule has 0 bridgehead atoms. The van der Waals surface area contributed by atoms with Crippen LogP contribution in [0, 0.1) is 6.92 Å². The lowest BCUT2D eigenvalue weighted by atomic mass is 9.96. The van der Waals surface area contributed by atoms with Crippen molar-refractivity contribution in [2.24, 2.45) is 5.73 Å². The summed E-state index contributed by atoms with van der Waals surface area (Å²) < 4.78 is 5.75. The maximum absolute atomic E-state index is 11.5. The van der Waals surface area contributed by atoms with Gasteiger partial charge >= 0.3 is 0 Å². The Bertz CT molecular complexity index is 922. The number of anilines is 1. The lowest BCUT2D eigenvalue weighted by molar-refractivity contribution is 0.0995. The Morgan fingerprint density at radius 1 is 1.20 bits per heavy atom. The third kappa shape index (κ3) is 3.48. The van der Waals surface area contributed by atoms with Crippen molar-refractivity contribution in [2.45, 2.75) is 19.4 Å². The molecule has 25 heavy (non-hydrogen) atoms. The minimum Gasteiger partial charge on any atom is -0.465 e. The summed E-state index contributed by atoms with van der Waals surface area (Å²) in [6.45, 7) is 1.62. The first-order valence-electron chi connectivity index (χ1n) is 7.55. The van der Waals surface area contributed by atoms with Gasteiger partial charge in [0.2, 0.25) is 5.95 Å². The fourth-order valence-corrected chi connectivity index (χ4v) is 2.56. The summed E-state index contributed by atoms with van der Waals surface area (Å²) in [4.78, 5) is 24.0. The molecule has 0 saturated heterocycles. The van der Waals surface area contributed by atoms with E-state index in [4.69, 9.17) is 15.9 Å². The first kappa shape index (κ1) is 16.6. The molecule has 0 aliphatic carbocycles. The van der Waals surface area contributed by atoms with Gasteiger partial charge in [-0.15, -0.1) is 0 Å². The first-order valence-corrected chi connectivity index (χ1v) is 7.55. The second-order valence-corrected chi connectivity index (χ2v) is 5.49. The molecule has 1 atom stereocenters. The molecular formula is C17H17N5O3. The number of nitrogen functional groups attached to an aromatic ring is 1. The number of nitrogens with two attached hydrogens (primary N) is 2. The van der Waals surface area contributed by atoms with Gasteiger partial charge in [-0.3, -0.25) is 9.78 Å². The van der Waals surface area contributed by atoms with Crippen LogP contribution in [0.15, 0.2) is 40.8 Å². The van der Waals surface area contributed by atoms with E-state index in [-0.39, 0.29) is 18.2 Å². The predicted octanol–water partition coefficient (Wildman–Crippen LogP) is 1.13. The fourth-order valence-electron chi connectivity index (χ4n) is 2.56. The number of aryl methyl sites for hydroxylation is 1. The number of nitrogens with zero attached hydrogens (tertiary/aromatic N) is 3.